The van der Waals surface area contributed by atoms with Gasteiger partial charge in [0.15, 0.2) is 0 Å². The number of thioether (sulfide) groups is 1. The molecule has 8 nitrogen and oxygen atoms in total. The average Bonchev–Trinajstić information content (AvgIpc) is 3.45. The van der Waals surface area contributed by atoms with Gasteiger partial charge in [-0.15, -0.1) is 23.1 Å². The number of nitrogens with one attached hydrogen (secondary N) is 1. The molecule has 0 bridgehead atoms. The van der Waals surface area contributed by atoms with Crippen LogP contribution in [0, 0.1) is 10.1 Å². The smallest absolute Gasteiger partial charge is 0.341 e. The number of nitrogens with zero attached hydrogens (tertiary/aromatic N) is 2. The molecule has 0 spiro atoms. The molecule has 196 valence electrons. The lowest BCUT2D eigenvalue weighted by Crippen LogP contribution is -2.17. The number of nitro groups is 1. The SMILES string of the molecule is CCOC(=O)c1c(NC(=O)CSc2cn(Cc3ccc([N+](=O)[O-])cc3)c3ccccc23)sc2c1CCCC2. The number of nitro benzene ring substituents is 1. The molecule has 0 unspecified atom stereocenters. The highest BCUT2D eigenvalue weighted by Crippen LogP contribution is 2.39. The molecule has 0 saturated carbocycles. The van der Waals surface area contributed by atoms with E-state index in [0.29, 0.717) is 17.1 Å². The molecule has 0 atom stereocenters. The molecule has 0 saturated heterocycles. The number of ether oxygens (including phenoxy) is 1. The number of carbonyl (C=O) groups is 2. The summed E-state index contributed by atoms with van der Waals surface area (Å²) in [5, 5.41) is 15.6. The number of para-hydroxylation sites is 1. The summed E-state index contributed by atoms with van der Waals surface area (Å²) in [4.78, 5) is 38.4. The van der Waals surface area contributed by atoms with Gasteiger partial charge in [-0.25, -0.2) is 4.79 Å². The number of rotatable bonds is 9. The van der Waals surface area contributed by atoms with Crippen LogP contribution in [-0.4, -0.2) is 33.7 Å². The molecule has 10 heteroatoms. The molecule has 1 aliphatic carbocycles. The molecule has 2 heterocycles. The molecule has 4 aromatic rings. The number of anilines is 1. The van der Waals surface area contributed by atoms with Gasteiger partial charge in [-0.1, -0.05) is 30.3 Å². The van der Waals surface area contributed by atoms with Gasteiger partial charge in [0, 0.05) is 45.5 Å². The molecule has 5 rings (SSSR count). The number of fused-ring (bicyclic) bond motifs is 2. The van der Waals surface area contributed by atoms with Crippen molar-refractivity contribution in [3.8, 4) is 0 Å². The second-order valence-corrected chi connectivity index (χ2v) is 11.2. The van der Waals surface area contributed by atoms with Crippen LogP contribution in [0.25, 0.3) is 10.9 Å². The van der Waals surface area contributed by atoms with Crippen LogP contribution < -0.4 is 5.32 Å². The standard InChI is InChI=1S/C28H27N3O5S2/c1-2-36-28(33)26-21-8-4-6-10-23(21)38-27(26)29-25(32)17-37-24-16-30(22-9-5-3-7-20(22)24)15-18-11-13-19(14-12-18)31(34)35/h3,5,7,9,11-14,16H,2,4,6,8,10,15,17H2,1H3,(H,29,32). The zero-order valence-corrected chi connectivity index (χ0v) is 22.5. The van der Waals surface area contributed by atoms with Crippen LogP contribution in [-0.2, 0) is 28.9 Å². The number of amides is 1. The van der Waals surface area contributed by atoms with E-state index in [1.807, 2.05) is 30.5 Å². The van der Waals surface area contributed by atoms with Gasteiger partial charge in [0.1, 0.15) is 5.00 Å². The van der Waals surface area contributed by atoms with E-state index < -0.39 is 4.92 Å². The van der Waals surface area contributed by atoms with Crippen LogP contribution in [0.5, 0.6) is 0 Å². The van der Waals surface area contributed by atoms with Crippen molar-refractivity contribution in [2.45, 2.75) is 44.0 Å². The van der Waals surface area contributed by atoms with Gasteiger partial charge in [0.05, 0.1) is 22.8 Å². The lowest BCUT2D eigenvalue weighted by atomic mass is 9.95. The van der Waals surface area contributed by atoms with Crippen LogP contribution in [0.1, 0.15) is 46.1 Å². The van der Waals surface area contributed by atoms with E-state index in [1.54, 1.807) is 19.1 Å². The topological polar surface area (TPSA) is 103 Å². The maximum Gasteiger partial charge on any atom is 0.341 e. The predicted octanol–water partition coefficient (Wildman–Crippen LogP) is 6.45. The molecule has 1 amide bonds. The van der Waals surface area contributed by atoms with Gasteiger partial charge in [0.25, 0.3) is 5.69 Å². The van der Waals surface area contributed by atoms with Crippen molar-refractivity contribution < 1.29 is 19.2 Å². The number of benzene rings is 2. The summed E-state index contributed by atoms with van der Waals surface area (Å²) in [6.45, 7) is 2.62. The summed E-state index contributed by atoms with van der Waals surface area (Å²) in [6.07, 6.45) is 5.88. The Hall–Kier alpha value is -3.63. The van der Waals surface area contributed by atoms with Crippen LogP contribution in [0.3, 0.4) is 0 Å². The molecule has 0 radical (unpaired) electrons. The van der Waals surface area contributed by atoms with E-state index in [9.17, 15) is 19.7 Å². The predicted molar refractivity (Wildman–Crippen MR) is 150 cm³/mol. The number of hydrogen-bond acceptors (Lipinski definition) is 7. The van der Waals surface area contributed by atoms with Crippen molar-refractivity contribution in [3.63, 3.8) is 0 Å². The van der Waals surface area contributed by atoms with E-state index in [1.165, 1.54) is 35.2 Å². The highest BCUT2D eigenvalue weighted by Gasteiger charge is 2.27. The number of carbonyl (C=O) groups excluding carboxylic acids is 2. The van der Waals surface area contributed by atoms with E-state index in [-0.39, 0.29) is 29.9 Å². The minimum atomic E-state index is -0.407. The number of non-ortho nitro benzene ring substituents is 1. The molecule has 2 aromatic heterocycles. The van der Waals surface area contributed by atoms with E-state index in [0.717, 1.165) is 57.5 Å². The first-order chi connectivity index (χ1) is 18.4. The normalized spacial score (nSPS) is 12.8. The van der Waals surface area contributed by atoms with E-state index in [4.69, 9.17) is 4.74 Å². The first kappa shape index (κ1) is 26.0. The Morgan fingerprint density at radius 2 is 1.89 bits per heavy atom. The second-order valence-electron chi connectivity index (χ2n) is 9.03. The van der Waals surface area contributed by atoms with Gasteiger partial charge in [0.2, 0.25) is 5.91 Å². The fraction of sp³-hybridized carbons (Fsp3) is 0.286. The van der Waals surface area contributed by atoms with E-state index >= 15 is 0 Å². The average molecular weight is 550 g/mol. The Kier molecular flexibility index (Phi) is 7.80. The zero-order valence-electron chi connectivity index (χ0n) is 20.9. The maximum absolute atomic E-state index is 13.0. The van der Waals surface area contributed by atoms with Crippen molar-refractivity contribution >= 4 is 56.6 Å². The Morgan fingerprint density at radius 1 is 1.13 bits per heavy atom. The molecule has 1 aliphatic rings. The fourth-order valence-electron chi connectivity index (χ4n) is 4.76. The summed E-state index contributed by atoms with van der Waals surface area (Å²) < 4.78 is 7.38. The Bertz CT molecular complexity index is 1510. The lowest BCUT2D eigenvalue weighted by molar-refractivity contribution is -0.384. The number of aromatic nitrogens is 1. The summed E-state index contributed by atoms with van der Waals surface area (Å²) in [7, 11) is 0. The molecular formula is C28H27N3O5S2. The van der Waals surface area contributed by atoms with Gasteiger partial charge < -0.3 is 14.6 Å². The van der Waals surface area contributed by atoms with Gasteiger partial charge in [-0.3, -0.25) is 14.9 Å². The van der Waals surface area contributed by atoms with Crippen molar-refractivity contribution in [1.29, 1.82) is 0 Å². The third-order valence-electron chi connectivity index (χ3n) is 6.51. The Labute approximate surface area is 228 Å². The molecule has 1 N–H and O–H groups in total. The van der Waals surface area contributed by atoms with Crippen molar-refractivity contribution in [1.82, 2.24) is 4.57 Å². The van der Waals surface area contributed by atoms with Gasteiger partial charge >= 0.3 is 5.97 Å². The molecular weight excluding hydrogens is 522 g/mol. The van der Waals surface area contributed by atoms with Crippen molar-refractivity contribution in [3.05, 3.63) is 86.4 Å². The van der Waals surface area contributed by atoms with Crippen molar-refractivity contribution in [2.75, 3.05) is 17.7 Å². The minimum Gasteiger partial charge on any atom is -0.462 e. The van der Waals surface area contributed by atoms with Crippen LogP contribution in [0.15, 0.2) is 59.6 Å². The molecule has 0 fully saturated rings. The third-order valence-corrected chi connectivity index (χ3v) is 8.76. The first-order valence-electron chi connectivity index (χ1n) is 12.5. The highest BCUT2D eigenvalue weighted by atomic mass is 32.2. The summed E-state index contributed by atoms with van der Waals surface area (Å²) in [5.41, 5.74) is 3.57. The lowest BCUT2D eigenvalue weighted by Gasteiger charge is -2.12. The summed E-state index contributed by atoms with van der Waals surface area (Å²) >= 11 is 2.93. The first-order valence-corrected chi connectivity index (χ1v) is 14.3. The molecule has 38 heavy (non-hydrogen) atoms. The van der Waals surface area contributed by atoms with Gasteiger partial charge in [-0.2, -0.15) is 0 Å². The van der Waals surface area contributed by atoms with E-state index in [2.05, 4.69) is 9.88 Å². The number of esters is 1. The number of hydrogen-bond donors (Lipinski definition) is 1. The van der Waals surface area contributed by atoms with Crippen molar-refractivity contribution in [2.24, 2.45) is 0 Å². The highest BCUT2D eigenvalue weighted by molar-refractivity contribution is 8.00. The maximum atomic E-state index is 13.0. The second kappa shape index (κ2) is 11.4. The fourth-order valence-corrected chi connectivity index (χ4v) is 6.94. The van der Waals surface area contributed by atoms with Crippen LogP contribution in [0.2, 0.25) is 0 Å². The quantitative estimate of drug-likeness (QED) is 0.111. The third kappa shape index (κ3) is 5.46. The Morgan fingerprint density at radius 3 is 2.66 bits per heavy atom. The Balaban J connectivity index is 1.32. The minimum absolute atomic E-state index is 0.0612. The number of aryl methyl sites for hydroxylation is 1. The number of thiophene rings is 1. The summed E-state index contributed by atoms with van der Waals surface area (Å²) in [6, 6.07) is 14.5. The molecule has 2 aromatic carbocycles. The largest absolute Gasteiger partial charge is 0.462 e. The van der Waals surface area contributed by atoms with Gasteiger partial charge in [-0.05, 0) is 49.8 Å². The van der Waals surface area contributed by atoms with Crippen LogP contribution in [0.4, 0.5) is 10.7 Å². The summed E-state index contributed by atoms with van der Waals surface area (Å²) in [5.74, 6) is -0.355. The van der Waals surface area contributed by atoms with Crippen LogP contribution >= 0.6 is 23.1 Å². The zero-order chi connectivity index (χ0) is 26.6. The molecule has 0 aliphatic heterocycles. The monoisotopic (exact) mass is 549 g/mol.